The lowest BCUT2D eigenvalue weighted by atomic mass is 10.1. The summed E-state index contributed by atoms with van der Waals surface area (Å²) < 4.78 is 34.1. The van der Waals surface area contributed by atoms with Crippen molar-refractivity contribution in [3.05, 3.63) is 36.4 Å². The van der Waals surface area contributed by atoms with Crippen molar-refractivity contribution in [2.45, 2.75) is 37.3 Å². The third-order valence-electron chi connectivity index (χ3n) is 4.17. The molecule has 2 aromatic carbocycles. The van der Waals surface area contributed by atoms with Gasteiger partial charge in [-0.1, -0.05) is 24.3 Å². The second-order valence-corrected chi connectivity index (χ2v) is 9.63. The summed E-state index contributed by atoms with van der Waals surface area (Å²) in [6.07, 6.45) is 1.96. The predicted octanol–water partition coefficient (Wildman–Crippen LogP) is 3.26. The molecule has 0 saturated carbocycles. The molecule has 1 atom stereocenters. The quantitative estimate of drug-likeness (QED) is 0.623. The van der Waals surface area contributed by atoms with E-state index in [1.54, 1.807) is 43.8 Å². The molecule has 1 N–H and O–H groups in total. The standard InChI is InChI=1S/C20H28N2O4S2/c1-14(2)26-20(23)17(12-13-27-5)21-28(24,25)19-11-7-8-15-16(19)9-6-10-18(15)22(3)4/h6-11,14,17,21H,12-13H2,1-5H3. The summed E-state index contributed by atoms with van der Waals surface area (Å²) in [6, 6.07) is 9.79. The fourth-order valence-electron chi connectivity index (χ4n) is 2.91. The molecule has 2 rings (SSSR count). The van der Waals surface area contributed by atoms with Crippen molar-refractivity contribution < 1.29 is 17.9 Å². The number of hydrogen-bond donors (Lipinski definition) is 1. The molecule has 0 fully saturated rings. The van der Waals surface area contributed by atoms with Crippen molar-refractivity contribution >= 4 is 44.2 Å². The van der Waals surface area contributed by atoms with Crippen LogP contribution in [0, 0.1) is 0 Å². The maximum Gasteiger partial charge on any atom is 0.324 e. The summed E-state index contributed by atoms with van der Waals surface area (Å²) in [5.41, 5.74) is 0.924. The first kappa shape index (κ1) is 22.5. The van der Waals surface area contributed by atoms with Gasteiger partial charge < -0.3 is 9.64 Å². The lowest BCUT2D eigenvalue weighted by molar-refractivity contribution is -0.149. The molecule has 28 heavy (non-hydrogen) atoms. The van der Waals surface area contributed by atoms with Crippen LogP contribution in [0.1, 0.15) is 20.3 Å². The van der Waals surface area contributed by atoms with Gasteiger partial charge in [0.1, 0.15) is 6.04 Å². The zero-order chi connectivity index (χ0) is 20.9. The molecule has 0 saturated heterocycles. The van der Waals surface area contributed by atoms with Crippen LogP contribution in [0.15, 0.2) is 41.3 Å². The Balaban J connectivity index is 2.44. The molecule has 8 heteroatoms. The number of nitrogens with zero attached hydrogens (tertiary/aromatic N) is 1. The Morgan fingerprint density at radius 3 is 2.39 bits per heavy atom. The molecule has 0 aromatic heterocycles. The molecular weight excluding hydrogens is 396 g/mol. The van der Waals surface area contributed by atoms with Crippen molar-refractivity contribution in [3.63, 3.8) is 0 Å². The van der Waals surface area contributed by atoms with E-state index in [2.05, 4.69) is 4.72 Å². The summed E-state index contributed by atoms with van der Waals surface area (Å²) in [5, 5.41) is 1.45. The van der Waals surface area contributed by atoms with Crippen LogP contribution in [0.4, 0.5) is 5.69 Å². The summed E-state index contributed by atoms with van der Waals surface area (Å²) >= 11 is 1.55. The van der Waals surface area contributed by atoms with E-state index in [4.69, 9.17) is 4.74 Å². The average molecular weight is 425 g/mol. The fraction of sp³-hybridized carbons (Fsp3) is 0.450. The molecule has 0 radical (unpaired) electrons. The summed E-state index contributed by atoms with van der Waals surface area (Å²) in [7, 11) is -0.0958. The number of ether oxygens (including phenoxy) is 1. The van der Waals surface area contributed by atoms with Crippen LogP contribution in [0.5, 0.6) is 0 Å². The van der Waals surface area contributed by atoms with E-state index in [0.717, 1.165) is 11.1 Å². The lowest BCUT2D eigenvalue weighted by Gasteiger charge is -2.20. The van der Waals surface area contributed by atoms with Crippen LogP contribution in [0.2, 0.25) is 0 Å². The second-order valence-electron chi connectivity index (χ2n) is 6.96. The summed E-state index contributed by atoms with van der Waals surface area (Å²) in [5.74, 6) is 0.0857. The fourth-order valence-corrected chi connectivity index (χ4v) is 4.83. The van der Waals surface area contributed by atoms with Crippen LogP contribution < -0.4 is 9.62 Å². The molecule has 6 nitrogen and oxygen atoms in total. The zero-order valence-electron chi connectivity index (χ0n) is 16.9. The molecule has 0 spiro atoms. The Hall–Kier alpha value is -1.77. The van der Waals surface area contributed by atoms with E-state index >= 15 is 0 Å². The van der Waals surface area contributed by atoms with Crippen molar-refractivity contribution in [1.82, 2.24) is 4.72 Å². The average Bonchev–Trinajstić information content (AvgIpc) is 2.63. The number of anilines is 1. The highest BCUT2D eigenvalue weighted by molar-refractivity contribution is 7.98. The van der Waals surface area contributed by atoms with Gasteiger partial charge in [0.15, 0.2) is 0 Å². The summed E-state index contributed by atoms with van der Waals surface area (Å²) in [6.45, 7) is 3.48. The Kier molecular flexibility index (Phi) is 7.74. The largest absolute Gasteiger partial charge is 0.462 e. The van der Waals surface area contributed by atoms with Gasteiger partial charge in [-0.2, -0.15) is 16.5 Å². The van der Waals surface area contributed by atoms with Crippen LogP contribution in [-0.2, 0) is 19.6 Å². The van der Waals surface area contributed by atoms with Crippen LogP contribution in [0.25, 0.3) is 10.8 Å². The van der Waals surface area contributed by atoms with E-state index < -0.39 is 22.0 Å². The van der Waals surface area contributed by atoms with E-state index in [0.29, 0.717) is 17.6 Å². The van der Waals surface area contributed by atoms with Gasteiger partial charge in [0, 0.05) is 30.6 Å². The van der Waals surface area contributed by atoms with Crippen molar-refractivity contribution in [3.8, 4) is 0 Å². The number of fused-ring (bicyclic) bond motifs is 1. The summed E-state index contributed by atoms with van der Waals surface area (Å²) in [4.78, 5) is 14.5. The minimum absolute atomic E-state index is 0.153. The Bertz CT molecular complexity index is 927. The Labute approximate surface area is 171 Å². The normalized spacial score (nSPS) is 12.9. The smallest absolute Gasteiger partial charge is 0.324 e. The molecule has 0 heterocycles. The Morgan fingerprint density at radius 2 is 1.79 bits per heavy atom. The van der Waals surface area contributed by atoms with Gasteiger partial charge in [-0.05, 0) is 44.4 Å². The molecule has 0 bridgehead atoms. The number of nitrogens with one attached hydrogen (secondary N) is 1. The molecular formula is C20H28N2O4S2. The molecule has 0 aliphatic rings. The maximum absolute atomic E-state index is 13.2. The van der Waals surface area contributed by atoms with Gasteiger partial charge in [0.25, 0.3) is 0 Å². The third kappa shape index (κ3) is 5.40. The predicted molar refractivity (Wildman–Crippen MR) is 117 cm³/mol. The van der Waals surface area contributed by atoms with E-state index in [1.807, 2.05) is 43.5 Å². The van der Waals surface area contributed by atoms with Gasteiger partial charge in [-0.15, -0.1) is 0 Å². The number of rotatable bonds is 9. The number of esters is 1. The third-order valence-corrected chi connectivity index (χ3v) is 6.35. The highest BCUT2D eigenvalue weighted by Gasteiger charge is 2.28. The highest BCUT2D eigenvalue weighted by Crippen LogP contribution is 2.30. The Morgan fingerprint density at radius 1 is 1.14 bits per heavy atom. The molecule has 2 aromatic rings. The van der Waals surface area contributed by atoms with Crippen LogP contribution in [0.3, 0.4) is 0 Å². The SMILES string of the molecule is CSCCC(NS(=O)(=O)c1cccc2c(N(C)C)cccc12)C(=O)OC(C)C. The number of carbonyl (C=O) groups is 1. The van der Waals surface area contributed by atoms with E-state index in [1.165, 1.54) is 0 Å². The lowest BCUT2D eigenvalue weighted by Crippen LogP contribution is -2.43. The first-order chi connectivity index (χ1) is 13.2. The van der Waals surface area contributed by atoms with Crippen LogP contribution >= 0.6 is 11.8 Å². The van der Waals surface area contributed by atoms with Gasteiger partial charge in [0.05, 0.1) is 11.0 Å². The second kappa shape index (κ2) is 9.62. The van der Waals surface area contributed by atoms with Crippen molar-refractivity contribution in [2.24, 2.45) is 0 Å². The molecule has 154 valence electrons. The van der Waals surface area contributed by atoms with Gasteiger partial charge >= 0.3 is 5.97 Å². The minimum Gasteiger partial charge on any atom is -0.462 e. The molecule has 0 amide bonds. The first-order valence-corrected chi connectivity index (χ1v) is 12.0. The minimum atomic E-state index is -3.92. The maximum atomic E-state index is 13.2. The zero-order valence-corrected chi connectivity index (χ0v) is 18.6. The number of sulfonamides is 1. The van der Waals surface area contributed by atoms with E-state index in [9.17, 15) is 13.2 Å². The van der Waals surface area contributed by atoms with Crippen molar-refractivity contribution in [2.75, 3.05) is 31.0 Å². The number of hydrogen-bond acceptors (Lipinski definition) is 6. The number of benzene rings is 2. The van der Waals surface area contributed by atoms with Gasteiger partial charge in [-0.25, -0.2) is 8.42 Å². The van der Waals surface area contributed by atoms with Crippen molar-refractivity contribution in [1.29, 1.82) is 0 Å². The topological polar surface area (TPSA) is 75.7 Å². The van der Waals surface area contributed by atoms with E-state index in [-0.39, 0.29) is 11.0 Å². The number of thioether (sulfide) groups is 1. The van der Waals surface area contributed by atoms with Crippen LogP contribution in [-0.4, -0.2) is 52.6 Å². The molecule has 0 aliphatic carbocycles. The molecule has 0 aliphatic heterocycles. The van der Waals surface area contributed by atoms with Gasteiger partial charge in [0.2, 0.25) is 10.0 Å². The first-order valence-electron chi connectivity index (χ1n) is 9.08. The molecule has 1 unspecified atom stereocenters. The highest BCUT2D eigenvalue weighted by atomic mass is 32.2. The van der Waals surface area contributed by atoms with Gasteiger partial charge in [-0.3, -0.25) is 4.79 Å². The monoisotopic (exact) mass is 424 g/mol. The number of carbonyl (C=O) groups excluding carboxylic acids is 1.